The summed E-state index contributed by atoms with van der Waals surface area (Å²) in [6.07, 6.45) is 12.6. The van der Waals surface area contributed by atoms with Gasteiger partial charge in [-0.15, -0.1) is 0 Å². The number of aromatic amines is 2. The summed E-state index contributed by atoms with van der Waals surface area (Å²) in [5.41, 5.74) is 7.33. The van der Waals surface area contributed by atoms with Crippen LogP contribution in [0.4, 0.5) is 0 Å². The third kappa shape index (κ3) is 4.16. The molecule has 0 aliphatic rings. The van der Waals surface area contributed by atoms with Crippen LogP contribution in [0.5, 0.6) is 5.75 Å². The summed E-state index contributed by atoms with van der Waals surface area (Å²) in [6, 6.07) is 10.2. The number of aromatic nitrogens is 7. The lowest BCUT2D eigenvalue weighted by Gasteiger charge is -2.11. The van der Waals surface area contributed by atoms with E-state index < -0.39 is 0 Å². The summed E-state index contributed by atoms with van der Waals surface area (Å²) in [7, 11) is 4.04. The molecule has 0 unspecified atom stereocenters. The molecule has 0 fully saturated rings. The van der Waals surface area contributed by atoms with E-state index in [1.807, 2.05) is 57.1 Å². The van der Waals surface area contributed by atoms with Gasteiger partial charge in [-0.1, -0.05) is 0 Å². The summed E-state index contributed by atoms with van der Waals surface area (Å²) in [5.74, 6) is 0.730. The molecular formula is C27H24N8O. The summed E-state index contributed by atoms with van der Waals surface area (Å²) in [5, 5.41) is 9.58. The minimum atomic E-state index is 0.595. The average Bonchev–Trinajstić information content (AvgIpc) is 3.53. The number of nitrogens with one attached hydrogen (secondary N) is 2. The van der Waals surface area contributed by atoms with Gasteiger partial charge in [0.1, 0.15) is 12.4 Å². The van der Waals surface area contributed by atoms with E-state index in [0.717, 1.165) is 62.2 Å². The number of ether oxygens (including phenoxy) is 1. The molecule has 0 aliphatic carbocycles. The van der Waals surface area contributed by atoms with Crippen LogP contribution in [0.2, 0.25) is 0 Å². The van der Waals surface area contributed by atoms with Crippen LogP contribution in [0.3, 0.4) is 0 Å². The van der Waals surface area contributed by atoms with E-state index in [0.29, 0.717) is 12.3 Å². The first-order valence-corrected chi connectivity index (χ1v) is 11.6. The molecule has 0 spiro atoms. The van der Waals surface area contributed by atoms with Crippen LogP contribution in [-0.2, 0) is 0 Å². The Labute approximate surface area is 207 Å². The number of pyridine rings is 4. The molecule has 2 N–H and O–H groups in total. The van der Waals surface area contributed by atoms with E-state index in [-0.39, 0.29) is 0 Å². The van der Waals surface area contributed by atoms with Gasteiger partial charge in [0, 0.05) is 65.0 Å². The van der Waals surface area contributed by atoms with Gasteiger partial charge in [0.25, 0.3) is 0 Å². The van der Waals surface area contributed by atoms with Crippen LogP contribution >= 0.6 is 0 Å². The Hall–Kier alpha value is -4.63. The van der Waals surface area contributed by atoms with Crippen molar-refractivity contribution in [3.05, 3.63) is 73.7 Å². The average molecular weight is 477 g/mol. The molecule has 6 aromatic heterocycles. The highest BCUT2D eigenvalue weighted by Gasteiger charge is 2.15. The Kier molecular flexibility index (Phi) is 5.59. The fraction of sp³-hybridized carbons (Fsp3) is 0.148. The zero-order chi connectivity index (χ0) is 24.5. The van der Waals surface area contributed by atoms with Gasteiger partial charge in [0.2, 0.25) is 0 Å². The van der Waals surface area contributed by atoms with Crippen LogP contribution in [0.25, 0.3) is 55.6 Å². The Bertz CT molecular complexity index is 1660. The number of H-pyrrole nitrogens is 2. The monoisotopic (exact) mass is 476 g/mol. The van der Waals surface area contributed by atoms with Crippen molar-refractivity contribution in [2.75, 3.05) is 27.2 Å². The molecule has 36 heavy (non-hydrogen) atoms. The van der Waals surface area contributed by atoms with E-state index in [1.165, 1.54) is 0 Å². The molecule has 0 amide bonds. The predicted octanol–water partition coefficient (Wildman–Crippen LogP) is 4.57. The molecule has 6 aromatic rings. The van der Waals surface area contributed by atoms with Crippen molar-refractivity contribution in [3.8, 4) is 39.4 Å². The number of fused-ring (bicyclic) bond motifs is 2. The second-order valence-corrected chi connectivity index (χ2v) is 8.82. The molecule has 0 bridgehead atoms. The van der Waals surface area contributed by atoms with E-state index in [2.05, 4.69) is 52.1 Å². The predicted molar refractivity (Wildman–Crippen MR) is 139 cm³/mol. The Morgan fingerprint density at radius 1 is 0.833 bits per heavy atom. The zero-order valence-corrected chi connectivity index (χ0v) is 19.9. The molecule has 6 rings (SSSR count). The quantitative estimate of drug-likeness (QED) is 0.348. The standard InChI is InChI=1S/C27H24N8O/c1-35(2)7-8-36-20-9-18(12-29-14-20)19-10-22-26(33-34-27(22)31-13-19)24-11-21-23(15-30-16-25(21)32-24)17-3-5-28-6-4-17/h3-6,9-16,32H,7-8H2,1-2H3,(H,31,33,34). The van der Waals surface area contributed by atoms with E-state index in [1.54, 1.807) is 18.6 Å². The number of likely N-dealkylation sites (N-methyl/N-ethyl adjacent to an activating group) is 1. The van der Waals surface area contributed by atoms with Gasteiger partial charge in [-0.05, 0) is 50.0 Å². The molecule has 6 heterocycles. The highest BCUT2D eigenvalue weighted by atomic mass is 16.5. The first-order chi connectivity index (χ1) is 17.7. The fourth-order valence-corrected chi connectivity index (χ4v) is 4.21. The van der Waals surface area contributed by atoms with Crippen LogP contribution in [0.1, 0.15) is 0 Å². The lowest BCUT2D eigenvalue weighted by atomic mass is 10.0. The summed E-state index contributed by atoms with van der Waals surface area (Å²) >= 11 is 0. The van der Waals surface area contributed by atoms with Gasteiger partial charge in [-0.3, -0.25) is 20.1 Å². The van der Waals surface area contributed by atoms with Crippen molar-refractivity contribution < 1.29 is 4.74 Å². The van der Waals surface area contributed by atoms with Crippen LogP contribution in [0.15, 0.2) is 73.7 Å². The summed E-state index contributed by atoms with van der Waals surface area (Å²) < 4.78 is 5.87. The second kappa shape index (κ2) is 9.20. The van der Waals surface area contributed by atoms with Crippen molar-refractivity contribution >= 4 is 21.9 Å². The molecule has 0 saturated heterocycles. The van der Waals surface area contributed by atoms with Gasteiger partial charge in [0.15, 0.2) is 5.65 Å². The number of rotatable bonds is 7. The first kappa shape index (κ1) is 21.9. The van der Waals surface area contributed by atoms with Crippen LogP contribution in [-0.4, -0.2) is 67.3 Å². The van der Waals surface area contributed by atoms with E-state index >= 15 is 0 Å². The molecular weight excluding hydrogens is 452 g/mol. The largest absolute Gasteiger partial charge is 0.491 e. The topological polar surface area (TPSA) is 108 Å². The zero-order valence-electron chi connectivity index (χ0n) is 19.9. The molecule has 0 radical (unpaired) electrons. The minimum Gasteiger partial charge on any atom is -0.491 e. The Morgan fingerprint density at radius 3 is 2.53 bits per heavy atom. The molecule has 0 atom stereocenters. The lowest BCUT2D eigenvalue weighted by molar-refractivity contribution is 0.261. The number of hydrogen-bond donors (Lipinski definition) is 2. The van der Waals surface area contributed by atoms with Gasteiger partial charge >= 0.3 is 0 Å². The van der Waals surface area contributed by atoms with Crippen molar-refractivity contribution in [1.29, 1.82) is 0 Å². The van der Waals surface area contributed by atoms with Crippen LogP contribution < -0.4 is 4.74 Å². The summed E-state index contributed by atoms with van der Waals surface area (Å²) in [6.45, 7) is 1.43. The van der Waals surface area contributed by atoms with Gasteiger partial charge in [-0.25, -0.2) is 4.98 Å². The molecule has 9 nitrogen and oxygen atoms in total. The number of nitrogens with zero attached hydrogens (tertiary/aromatic N) is 6. The molecule has 178 valence electrons. The molecule has 0 aliphatic heterocycles. The highest BCUT2D eigenvalue weighted by Crippen LogP contribution is 2.34. The van der Waals surface area contributed by atoms with Crippen molar-refractivity contribution in [1.82, 2.24) is 40.0 Å². The fourth-order valence-electron chi connectivity index (χ4n) is 4.21. The highest BCUT2D eigenvalue weighted by molar-refractivity contribution is 6.00. The third-order valence-corrected chi connectivity index (χ3v) is 6.07. The maximum Gasteiger partial charge on any atom is 0.181 e. The normalized spacial score (nSPS) is 11.5. The van der Waals surface area contributed by atoms with E-state index in [4.69, 9.17) is 4.74 Å². The van der Waals surface area contributed by atoms with Crippen molar-refractivity contribution in [3.63, 3.8) is 0 Å². The van der Waals surface area contributed by atoms with E-state index in [9.17, 15) is 0 Å². The maximum absolute atomic E-state index is 5.87. The molecule has 9 heteroatoms. The summed E-state index contributed by atoms with van der Waals surface area (Å²) in [4.78, 5) is 23.1. The third-order valence-electron chi connectivity index (χ3n) is 6.07. The smallest absolute Gasteiger partial charge is 0.181 e. The van der Waals surface area contributed by atoms with Gasteiger partial charge in [-0.2, -0.15) is 5.10 Å². The SMILES string of the molecule is CN(C)CCOc1cncc(-c2cnc3n[nH]c(-c4cc5c(-c6ccncc6)cncc5[nH]4)c3c2)c1. The Morgan fingerprint density at radius 2 is 1.67 bits per heavy atom. The van der Waals surface area contributed by atoms with Crippen molar-refractivity contribution in [2.45, 2.75) is 0 Å². The first-order valence-electron chi connectivity index (χ1n) is 11.6. The Balaban J connectivity index is 1.38. The lowest BCUT2D eigenvalue weighted by Crippen LogP contribution is -2.19. The molecule has 0 saturated carbocycles. The van der Waals surface area contributed by atoms with Gasteiger partial charge < -0.3 is 14.6 Å². The maximum atomic E-state index is 5.87. The second-order valence-electron chi connectivity index (χ2n) is 8.82. The minimum absolute atomic E-state index is 0.595. The van der Waals surface area contributed by atoms with Crippen LogP contribution in [0, 0.1) is 0 Å². The van der Waals surface area contributed by atoms with Gasteiger partial charge in [0.05, 0.1) is 29.3 Å². The van der Waals surface area contributed by atoms with Crippen molar-refractivity contribution in [2.24, 2.45) is 0 Å². The number of hydrogen-bond acceptors (Lipinski definition) is 7. The molecule has 0 aromatic carbocycles.